The second-order valence-corrected chi connectivity index (χ2v) is 6.75. The zero-order valence-electron chi connectivity index (χ0n) is 16.1. The lowest BCUT2D eigenvalue weighted by atomic mass is 9.96. The predicted molar refractivity (Wildman–Crippen MR) is 111 cm³/mol. The van der Waals surface area contributed by atoms with Gasteiger partial charge in [-0.3, -0.25) is 19.7 Å². The van der Waals surface area contributed by atoms with Gasteiger partial charge in [-0.05, 0) is 17.7 Å². The molecule has 0 aromatic heterocycles. The topological polar surface area (TPSA) is 110 Å². The Kier molecular flexibility index (Phi) is 5.92. The van der Waals surface area contributed by atoms with Gasteiger partial charge in [-0.1, -0.05) is 30.3 Å². The molecule has 1 fully saturated rings. The van der Waals surface area contributed by atoms with Gasteiger partial charge in [0.05, 0.1) is 10.5 Å². The Morgan fingerprint density at radius 3 is 2.31 bits per heavy atom. The molecule has 0 unspecified atom stereocenters. The van der Waals surface area contributed by atoms with Gasteiger partial charge in [0.25, 0.3) is 5.69 Å². The zero-order valence-corrected chi connectivity index (χ0v) is 16.1. The van der Waals surface area contributed by atoms with Crippen LogP contribution in [0.15, 0.2) is 48.5 Å². The van der Waals surface area contributed by atoms with Crippen molar-refractivity contribution in [3.8, 4) is 11.1 Å². The van der Waals surface area contributed by atoms with E-state index in [2.05, 4.69) is 0 Å². The van der Waals surface area contributed by atoms with Crippen molar-refractivity contribution < 1.29 is 14.5 Å². The molecule has 2 aromatic carbocycles. The normalized spacial score (nSPS) is 14.2. The third-order valence-electron chi connectivity index (χ3n) is 4.94. The molecule has 1 aliphatic heterocycles. The van der Waals surface area contributed by atoms with E-state index >= 15 is 0 Å². The smallest absolute Gasteiger partial charge is 0.277 e. The van der Waals surface area contributed by atoms with E-state index in [1.54, 1.807) is 52.3 Å². The molecule has 1 aliphatic rings. The van der Waals surface area contributed by atoms with E-state index in [0.29, 0.717) is 48.6 Å². The molecule has 2 aromatic rings. The standard InChI is InChI=1S/C21H22N4O4/c1-15(26)23-11-13-24(14-12-23)20(27)10-9-16-5-4-8-19(25(28)29)21(16)17-6-2-3-7-18(17)22/h2-10H,11-14,22H2,1H3/b10-9+. The van der Waals surface area contributed by atoms with Gasteiger partial charge in [0.2, 0.25) is 11.8 Å². The van der Waals surface area contributed by atoms with Crippen molar-refractivity contribution in [2.75, 3.05) is 31.9 Å². The van der Waals surface area contributed by atoms with Crippen molar-refractivity contribution in [1.29, 1.82) is 0 Å². The molecule has 0 atom stereocenters. The van der Waals surface area contributed by atoms with E-state index in [4.69, 9.17) is 5.73 Å². The maximum Gasteiger partial charge on any atom is 0.277 e. The Morgan fingerprint density at radius 1 is 1.03 bits per heavy atom. The van der Waals surface area contributed by atoms with Crippen molar-refractivity contribution in [2.24, 2.45) is 0 Å². The molecule has 2 amide bonds. The largest absolute Gasteiger partial charge is 0.398 e. The van der Waals surface area contributed by atoms with E-state index in [1.807, 2.05) is 0 Å². The minimum Gasteiger partial charge on any atom is -0.398 e. The summed E-state index contributed by atoms with van der Waals surface area (Å²) in [5.74, 6) is -0.207. The molecule has 0 saturated carbocycles. The Bertz CT molecular complexity index is 978. The molecule has 1 heterocycles. The number of benzene rings is 2. The number of carbonyl (C=O) groups is 2. The molecule has 29 heavy (non-hydrogen) atoms. The van der Waals surface area contributed by atoms with Crippen LogP contribution in [0.25, 0.3) is 17.2 Å². The summed E-state index contributed by atoms with van der Waals surface area (Å²) >= 11 is 0. The van der Waals surface area contributed by atoms with E-state index in [-0.39, 0.29) is 17.5 Å². The number of nitrogen functional groups attached to an aromatic ring is 1. The first-order valence-corrected chi connectivity index (χ1v) is 9.23. The van der Waals surface area contributed by atoms with Gasteiger partial charge in [-0.2, -0.15) is 0 Å². The van der Waals surface area contributed by atoms with E-state index in [0.717, 1.165) is 0 Å². The number of hydrogen-bond donors (Lipinski definition) is 1. The molecule has 0 bridgehead atoms. The number of anilines is 1. The summed E-state index contributed by atoms with van der Waals surface area (Å²) in [6, 6.07) is 11.6. The fourth-order valence-electron chi connectivity index (χ4n) is 3.37. The average molecular weight is 394 g/mol. The molecule has 3 rings (SSSR count). The number of rotatable bonds is 4. The lowest BCUT2D eigenvalue weighted by molar-refractivity contribution is -0.384. The van der Waals surface area contributed by atoms with Gasteiger partial charge >= 0.3 is 0 Å². The van der Waals surface area contributed by atoms with E-state index in [9.17, 15) is 19.7 Å². The first-order valence-electron chi connectivity index (χ1n) is 9.23. The summed E-state index contributed by atoms with van der Waals surface area (Å²) in [4.78, 5) is 38.4. The van der Waals surface area contributed by atoms with Crippen LogP contribution in [0.4, 0.5) is 11.4 Å². The summed E-state index contributed by atoms with van der Waals surface area (Å²) < 4.78 is 0. The number of carbonyl (C=O) groups excluding carboxylic acids is 2. The van der Waals surface area contributed by atoms with Gasteiger partial charge in [-0.15, -0.1) is 0 Å². The highest BCUT2D eigenvalue weighted by Crippen LogP contribution is 2.37. The summed E-state index contributed by atoms with van der Waals surface area (Å²) in [6.45, 7) is 3.41. The van der Waals surface area contributed by atoms with Crippen LogP contribution in [-0.4, -0.2) is 52.7 Å². The second kappa shape index (κ2) is 8.55. The Balaban J connectivity index is 1.89. The number of hydrogen-bond acceptors (Lipinski definition) is 5. The van der Waals surface area contributed by atoms with Gasteiger partial charge in [-0.25, -0.2) is 0 Å². The maximum absolute atomic E-state index is 12.6. The first kappa shape index (κ1) is 20.1. The van der Waals surface area contributed by atoms with Crippen LogP contribution in [0.3, 0.4) is 0 Å². The van der Waals surface area contributed by atoms with Crippen LogP contribution >= 0.6 is 0 Å². The molecule has 0 radical (unpaired) electrons. The number of nitrogens with zero attached hydrogens (tertiary/aromatic N) is 3. The fraction of sp³-hybridized carbons (Fsp3) is 0.238. The second-order valence-electron chi connectivity index (χ2n) is 6.75. The third kappa shape index (κ3) is 4.43. The third-order valence-corrected chi connectivity index (χ3v) is 4.94. The first-order chi connectivity index (χ1) is 13.9. The van der Waals surface area contributed by atoms with Crippen molar-refractivity contribution >= 4 is 29.3 Å². The number of piperazine rings is 1. The monoisotopic (exact) mass is 394 g/mol. The van der Waals surface area contributed by atoms with Crippen LogP contribution in [0.1, 0.15) is 12.5 Å². The number of nitrogens with two attached hydrogens (primary N) is 1. The molecule has 0 aliphatic carbocycles. The fourth-order valence-corrected chi connectivity index (χ4v) is 3.37. The lowest BCUT2D eigenvalue weighted by Crippen LogP contribution is -2.49. The predicted octanol–water partition coefficient (Wildman–Crippen LogP) is 2.55. The van der Waals surface area contributed by atoms with Crippen LogP contribution in [-0.2, 0) is 9.59 Å². The number of nitro groups is 1. The molecule has 2 N–H and O–H groups in total. The molecule has 150 valence electrons. The molecular weight excluding hydrogens is 372 g/mol. The van der Waals surface area contributed by atoms with E-state index in [1.165, 1.54) is 19.1 Å². The Labute approximate surface area is 168 Å². The molecule has 0 spiro atoms. The number of nitro benzene ring substituents is 1. The van der Waals surface area contributed by atoms with Gasteiger partial charge in [0.1, 0.15) is 0 Å². The van der Waals surface area contributed by atoms with Crippen molar-refractivity contribution in [2.45, 2.75) is 6.92 Å². The van der Waals surface area contributed by atoms with Crippen LogP contribution < -0.4 is 5.73 Å². The lowest BCUT2D eigenvalue weighted by Gasteiger charge is -2.33. The average Bonchev–Trinajstić information content (AvgIpc) is 2.72. The highest BCUT2D eigenvalue weighted by molar-refractivity contribution is 5.95. The minimum absolute atomic E-state index is 0.00525. The highest BCUT2D eigenvalue weighted by atomic mass is 16.6. The zero-order chi connectivity index (χ0) is 21.0. The summed E-state index contributed by atoms with van der Waals surface area (Å²) in [5, 5.41) is 11.6. The molecule has 8 heteroatoms. The minimum atomic E-state index is -0.456. The SMILES string of the molecule is CC(=O)N1CCN(C(=O)/C=C/c2cccc([N+](=O)[O-])c2-c2ccccc2N)CC1. The summed E-state index contributed by atoms with van der Waals surface area (Å²) in [5.41, 5.74) is 7.84. The highest BCUT2D eigenvalue weighted by Gasteiger charge is 2.22. The Morgan fingerprint density at radius 2 is 1.69 bits per heavy atom. The molecular formula is C21H22N4O4. The van der Waals surface area contributed by atoms with Crippen molar-refractivity contribution in [3.63, 3.8) is 0 Å². The van der Waals surface area contributed by atoms with Crippen molar-refractivity contribution in [1.82, 2.24) is 9.80 Å². The van der Waals surface area contributed by atoms with Crippen LogP contribution in [0.5, 0.6) is 0 Å². The number of para-hydroxylation sites is 1. The van der Waals surface area contributed by atoms with Gasteiger partial charge < -0.3 is 15.5 Å². The molecule has 8 nitrogen and oxygen atoms in total. The number of amides is 2. The van der Waals surface area contributed by atoms with Crippen LogP contribution in [0, 0.1) is 10.1 Å². The Hall–Kier alpha value is -3.68. The summed E-state index contributed by atoms with van der Waals surface area (Å²) in [6.07, 6.45) is 2.99. The van der Waals surface area contributed by atoms with Gasteiger partial charge in [0, 0.05) is 56.5 Å². The maximum atomic E-state index is 12.6. The molecule has 1 saturated heterocycles. The van der Waals surface area contributed by atoms with E-state index < -0.39 is 4.92 Å². The van der Waals surface area contributed by atoms with Crippen LogP contribution in [0.2, 0.25) is 0 Å². The van der Waals surface area contributed by atoms with Gasteiger partial charge in [0.15, 0.2) is 0 Å². The van der Waals surface area contributed by atoms with Crippen molar-refractivity contribution in [3.05, 3.63) is 64.2 Å². The summed E-state index contributed by atoms with van der Waals surface area (Å²) in [7, 11) is 0. The quantitative estimate of drug-likeness (QED) is 0.371.